The van der Waals surface area contributed by atoms with Gasteiger partial charge in [0, 0.05) is 18.7 Å². The van der Waals surface area contributed by atoms with Crippen LogP contribution in [0.3, 0.4) is 0 Å². The van der Waals surface area contributed by atoms with Gasteiger partial charge in [-0.3, -0.25) is 9.59 Å². The van der Waals surface area contributed by atoms with Crippen LogP contribution in [0, 0.1) is 17.2 Å². The zero-order valence-electron chi connectivity index (χ0n) is 11.3. The number of nitrogens with zero attached hydrogens (tertiary/aromatic N) is 2. The zero-order chi connectivity index (χ0) is 16.3. The Morgan fingerprint density at radius 2 is 2.18 bits per heavy atom. The van der Waals surface area contributed by atoms with Gasteiger partial charge in [-0.25, -0.2) is 0 Å². The summed E-state index contributed by atoms with van der Waals surface area (Å²) in [5.41, 5.74) is -0.788. The second-order valence-electron chi connectivity index (χ2n) is 4.72. The van der Waals surface area contributed by atoms with Gasteiger partial charge < -0.3 is 9.64 Å². The van der Waals surface area contributed by atoms with E-state index in [1.807, 2.05) is 0 Å². The summed E-state index contributed by atoms with van der Waals surface area (Å²) in [5.74, 6) is -1.95. The van der Waals surface area contributed by atoms with Crippen LogP contribution in [0.15, 0.2) is 24.3 Å². The summed E-state index contributed by atoms with van der Waals surface area (Å²) in [6, 6.07) is 5.97. The lowest BCUT2D eigenvalue weighted by atomic mass is 10.1. The molecule has 116 valence electrons. The predicted molar refractivity (Wildman–Crippen MR) is 68.5 cm³/mol. The third kappa shape index (κ3) is 3.36. The molecule has 0 radical (unpaired) electrons. The van der Waals surface area contributed by atoms with E-state index in [4.69, 9.17) is 5.26 Å². The van der Waals surface area contributed by atoms with Crippen LogP contribution < -0.4 is 4.90 Å². The number of ether oxygens (including phenoxy) is 1. The summed E-state index contributed by atoms with van der Waals surface area (Å²) < 4.78 is 42.7. The molecule has 8 heteroatoms. The minimum atomic E-state index is -4.51. The molecule has 0 spiro atoms. The molecule has 1 amide bonds. The number of amides is 1. The van der Waals surface area contributed by atoms with Crippen molar-refractivity contribution in [3.05, 3.63) is 29.8 Å². The van der Waals surface area contributed by atoms with Crippen molar-refractivity contribution < 1.29 is 27.5 Å². The first-order valence-corrected chi connectivity index (χ1v) is 6.34. The van der Waals surface area contributed by atoms with E-state index >= 15 is 0 Å². The number of nitriles is 1. The first-order valence-electron chi connectivity index (χ1n) is 6.34. The highest BCUT2D eigenvalue weighted by atomic mass is 19.4. The molecule has 22 heavy (non-hydrogen) atoms. The molecule has 1 atom stereocenters. The van der Waals surface area contributed by atoms with Crippen LogP contribution in [-0.4, -0.2) is 25.0 Å². The summed E-state index contributed by atoms with van der Waals surface area (Å²) in [5, 5.41) is 8.34. The minimum Gasteiger partial charge on any atom is -0.450 e. The first kappa shape index (κ1) is 15.8. The van der Waals surface area contributed by atoms with Gasteiger partial charge in [-0.1, -0.05) is 6.07 Å². The van der Waals surface area contributed by atoms with Crippen LogP contribution in [0.4, 0.5) is 18.9 Å². The highest BCUT2D eigenvalue weighted by Crippen LogP contribution is 2.33. The summed E-state index contributed by atoms with van der Waals surface area (Å²) >= 11 is 0. The molecule has 0 bridgehead atoms. The topological polar surface area (TPSA) is 70.4 Å². The lowest BCUT2D eigenvalue weighted by molar-refractivity contribution is -0.146. The number of hydrogen-bond acceptors (Lipinski definition) is 4. The number of hydrogen-bond donors (Lipinski definition) is 0. The zero-order valence-corrected chi connectivity index (χ0v) is 11.3. The van der Waals surface area contributed by atoms with Crippen molar-refractivity contribution in [2.45, 2.75) is 12.6 Å². The monoisotopic (exact) mass is 312 g/mol. The smallest absolute Gasteiger partial charge is 0.416 e. The minimum absolute atomic E-state index is 0.0651. The Labute approximate surface area is 123 Å². The third-order valence-corrected chi connectivity index (χ3v) is 3.22. The Morgan fingerprint density at radius 3 is 2.82 bits per heavy atom. The molecule has 5 nitrogen and oxygen atoms in total. The third-order valence-electron chi connectivity index (χ3n) is 3.22. The van der Waals surface area contributed by atoms with Crippen LogP contribution in [0.25, 0.3) is 0 Å². The van der Waals surface area contributed by atoms with Crippen molar-refractivity contribution in [3.63, 3.8) is 0 Å². The maximum Gasteiger partial charge on any atom is 0.416 e. The van der Waals surface area contributed by atoms with Crippen molar-refractivity contribution in [2.24, 2.45) is 5.92 Å². The van der Waals surface area contributed by atoms with Crippen molar-refractivity contribution >= 4 is 17.6 Å². The van der Waals surface area contributed by atoms with Gasteiger partial charge in [0.25, 0.3) is 0 Å². The summed E-state index contributed by atoms with van der Waals surface area (Å²) in [4.78, 5) is 24.6. The second kappa shape index (κ2) is 6.05. The van der Waals surface area contributed by atoms with E-state index in [2.05, 4.69) is 4.74 Å². The van der Waals surface area contributed by atoms with Crippen molar-refractivity contribution in [1.29, 1.82) is 5.26 Å². The van der Waals surface area contributed by atoms with Gasteiger partial charge in [-0.2, -0.15) is 18.4 Å². The Morgan fingerprint density at radius 1 is 1.45 bits per heavy atom. The normalized spacial score (nSPS) is 18.2. The van der Waals surface area contributed by atoms with Crippen molar-refractivity contribution in [3.8, 4) is 6.07 Å². The Balaban J connectivity index is 2.15. The van der Waals surface area contributed by atoms with Crippen molar-refractivity contribution in [1.82, 2.24) is 0 Å². The number of benzene rings is 1. The average Bonchev–Trinajstić information content (AvgIpc) is 2.86. The van der Waals surface area contributed by atoms with Gasteiger partial charge in [0.1, 0.15) is 6.07 Å². The van der Waals surface area contributed by atoms with Gasteiger partial charge in [0.05, 0.1) is 11.5 Å². The summed E-state index contributed by atoms with van der Waals surface area (Å²) in [6.07, 6.45) is -4.66. The number of halogens is 3. The fraction of sp³-hybridized carbons (Fsp3) is 0.357. The fourth-order valence-corrected chi connectivity index (χ4v) is 2.19. The summed E-state index contributed by atoms with van der Waals surface area (Å²) in [7, 11) is 0. The molecule has 1 aliphatic rings. The maximum absolute atomic E-state index is 12.7. The van der Waals surface area contributed by atoms with E-state index in [0.29, 0.717) is 0 Å². The molecule has 1 heterocycles. The lowest BCUT2D eigenvalue weighted by Gasteiger charge is -2.18. The molecule has 1 aromatic carbocycles. The first-order chi connectivity index (χ1) is 10.3. The largest absolute Gasteiger partial charge is 0.450 e. The maximum atomic E-state index is 12.7. The van der Waals surface area contributed by atoms with Crippen LogP contribution >= 0.6 is 0 Å². The lowest BCUT2D eigenvalue weighted by Crippen LogP contribution is -2.26. The molecule has 0 saturated carbocycles. The van der Waals surface area contributed by atoms with Gasteiger partial charge in [0.15, 0.2) is 6.61 Å². The molecular weight excluding hydrogens is 301 g/mol. The molecule has 1 saturated heterocycles. The predicted octanol–water partition coefficient (Wildman–Crippen LogP) is 2.13. The summed E-state index contributed by atoms with van der Waals surface area (Å²) in [6.45, 7) is -0.489. The highest BCUT2D eigenvalue weighted by Gasteiger charge is 2.37. The van der Waals surface area contributed by atoms with Gasteiger partial charge in [0.2, 0.25) is 5.91 Å². The van der Waals surface area contributed by atoms with Crippen molar-refractivity contribution in [2.75, 3.05) is 18.1 Å². The molecule has 2 rings (SSSR count). The van der Waals surface area contributed by atoms with Crippen LogP contribution in [0.2, 0.25) is 0 Å². The van der Waals surface area contributed by atoms with E-state index in [0.717, 1.165) is 17.0 Å². The number of alkyl halides is 3. The second-order valence-corrected chi connectivity index (χ2v) is 4.72. The number of carbonyl (C=O) groups is 2. The Bertz CT molecular complexity index is 637. The number of carbonyl (C=O) groups excluding carboxylic acids is 2. The Hall–Kier alpha value is -2.56. The molecule has 0 aliphatic carbocycles. The fourth-order valence-electron chi connectivity index (χ4n) is 2.19. The SMILES string of the molecule is N#CCOC(=O)[C@H]1CC(=O)N(c2cccc(C(F)(F)F)c2)C1. The number of esters is 1. The van der Waals surface area contributed by atoms with E-state index in [1.54, 1.807) is 6.07 Å². The molecule has 0 unspecified atom stereocenters. The van der Waals surface area contributed by atoms with Gasteiger partial charge >= 0.3 is 12.1 Å². The molecule has 1 aliphatic heterocycles. The molecule has 1 fully saturated rings. The molecule has 1 aromatic rings. The molecule has 0 N–H and O–H groups in total. The number of anilines is 1. The average molecular weight is 312 g/mol. The molecule has 0 aromatic heterocycles. The van der Waals surface area contributed by atoms with Crippen LogP contribution in [-0.2, 0) is 20.5 Å². The van der Waals surface area contributed by atoms with Gasteiger partial charge in [-0.15, -0.1) is 0 Å². The van der Waals surface area contributed by atoms with Crippen LogP contribution in [0.5, 0.6) is 0 Å². The highest BCUT2D eigenvalue weighted by molar-refractivity contribution is 5.99. The van der Waals surface area contributed by atoms with E-state index < -0.39 is 36.1 Å². The van der Waals surface area contributed by atoms with E-state index in [-0.39, 0.29) is 18.7 Å². The van der Waals surface area contributed by atoms with Gasteiger partial charge in [-0.05, 0) is 18.2 Å². The van der Waals surface area contributed by atoms with E-state index in [1.165, 1.54) is 12.1 Å². The quantitative estimate of drug-likeness (QED) is 0.802. The molecular formula is C14H11F3N2O3. The van der Waals surface area contributed by atoms with E-state index in [9.17, 15) is 22.8 Å². The standard InChI is InChI=1S/C14H11F3N2O3/c15-14(16,17)10-2-1-3-11(7-10)19-8-9(6-12(19)20)13(21)22-5-4-18/h1-3,7,9H,5-6,8H2/t9-/m0/s1. The number of rotatable bonds is 3. The Kier molecular flexibility index (Phi) is 4.35. The van der Waals surface area contributed by atoms with Crippen LogP contribution in [0.1, 0.15) is 12.0 Å².